The van der Waals surface area contributed by atoms with Crippen LogP contribution in [0.5, 0.6) is 0 Å². The van der Waals surface area contributed by atoms with E-state index in [9.17, 15) is 4.79 Å². The Bertz CT molecular complexity index is 314. The number of carbonyl (C=O) groups excluding carboxylic acids is 1. The monoisotopic (exact) mass is 164 g/mol. The van der Waals surface area contributed by atoms with Gasteiger partial charge in [-0.05, 0) is 24.5 Å². The fourth-order valence-corrected chi connectivity index (χ4v) is 1.39. The number of carbonyl (C=O) groups is 1. The van der Waals surface area contributed by atoms with Gasteiger partial charge in [-0.2, -0.15) is 0 Å². The van der Waals surface area contributed by atoms with Crippen molar-refractivity contribution in [3.05, 3.63) is 23.9 Å². The molecule has 12 heavy (non-hydrogen) atoms. The van der Waals surface area contributed by atoms with E-state index in [0.29, 0.717) is 6.42 Å². The van der Waals surface area contributed by atoms with Crippen LogP contribution in [0.3, 0.4) is 0 Å². The zero-order valence-corrected chi connectivity index (χ0v) is 6.71. The fourth-order valence-electron chi connectivity index (χ4n) is 1.39. The van der Waals surface area contributed by atoms with E-state index in [4.69, 9.17) is 0 Å². The topological polar surface area (TPSA) is 42.0 Å². The second-order valence-electron chi connectivity index (χ2n) is 2.91. The number of rotatable bonds is 0. The van der Waals surface area contributed by atoms with E-state index in [1.165, 1.54) is 0 Å². The second-order valence-corrected chi connectivity index (χ2v) is 2.91. The summed E-state index contributed by atoms with van der Waals surface area (Å²) in [4.78, 5) is 15.2. The van der Waals surface area contributed by atoms with Crippen molar-refractivity contribution in [1.29, 1.82) is 0 Å². The van der Waals surface area contributed by atoms with E-state index in [2.05, 4.69) is 10.3 Å². The lowest BCUT2D eigenvalue weighted by molar-refractivity contribution is -0.116. The van der Waals surface area contributed by atoms with Crippen LogP contribution in [-0.4, -0.2) is 10.9 Å². The molecular weight excluding hydrogens is 152 g/mol. The number of fused-ring (bicyclic) bond motifs is 1. The van der Waals surface area contributed by atoms with Gasteiger partial charge in [0.15, 0.2) is 0 Å². The predicted octanol–water partition coefficient (Wildman–Crippen LogP) is 1.60. The Hall–Kier alpha value is -1.38. The molecule has 0 aliphatic carbocycles. The minimum atomic E-state index is 0. The molecule has 1 aliphatic heterocycles. The van der Waals surface area contributed by atoms with Crippen molar-refractivity contribution < 1.29 is 6.22 Å². The molecule has 0 aromatic carbocycles. The first-order valence-electron chi connectivity index (χ1n) is 4.10. The standard InChI is InChI=1S/C9H10N2O.H2/c12-8-5-1-3-7-4-2-6-10-9(7)11-8;/h2,4,6H,1,3,5H2,(H,10,11,12);1H. The number of hydrogen-bond acceptors (Lipinski definition) is 2. The number of aromatic nitrogens is 1. The largest absolute Gasteiger partial charge is 0.310 e. The van der Waals surface area contributed by atoms with Crippen molar-refractivity contribution in [2.45, 2.75) is 19.3 Å². The van der Waals surface area contributed by atoms with Crippen LogP contribution in [0.4, 0.5) is 5.82 Å². The molecule has 0 spiro atoms. The summed E-state index contributed by atoms with van der Waals surface area (Å²) in [5.74, 6) is 0.812. The highest BCUT2D eigenvalue weighted by Gasteiger charge is 2.12. The van der Waals surface area contributed by atoms with Gasteiger partial charge >= 0.3 is 0 Å². The van der Waals surface area contributed by atoms with Crippen molar-refractivity contribution >= 4 is 11.7 Å². The molecule has 0 saturated heterocycles. The van der Waals surface area contributed by atoms with Crippen molar-refractivity contribution in [2.24, 2.45) is 0 Å². The van der Waals surface area contributed by atoms with Gasteiger partial charge in [-0.1, -0.05) is 6.07 Å². The Labute approximate surface area is 72.3 Å². The Morgan fingerprint density at radius 3 is 3.33 bits per heavy atom. The van der Waals surface area contributed by atoms with Crippen LogP contribution in [0.2, 0.25) is 0 Å². The van der Waals surface area contributed by atoms with Crippen LogP contribution in [0.1, 0.15) is 19.8 Å². The molecule has 2 rings (SSSR count). The summed E-state index contributed by atoms with van der Waals surface area (Å²) in [5.41, 5.74) is 1.14. The molecule has 0 bridgehead atoms. The van der Waals surface area contributed by atoms with Gasteiger partial charge in [-0.3, -0.25) is 4.79 Å². The Morgan fingerprint density at radius 1 is 1.50 bits per heavy atom. The third-order valence-electron chi connectivity index (χ3n) is 2.00. The quantitative estimate of drug-likeness (QED) is 0.632. The summed E-state index contributed by atoms with van der Waals surface area (Å²) >= 11 is 0. The fraction of sp³-hybridized carbons (Fsp3) is 0.333. The third kappa shape index (κ3) is 1.30. The van der Waals surface area contributed by atoms with Gasteiger partial charge in [0.1, 0.15) is 5.82 Å². The minimum absolute atomic E-state index is 0. The average Bonchev–Trinajstić information content (AvgIpc) is 2.25. The zero-order valence-electron chi connectivity index (χ0n) is 6.71. The number of anilines is 1. The summed E-state index contributed by atoms with van der Waals surface area (Å²) in [6, 6.07) is 3.91. The molecule has 64 valence electrons. The first-order valence-corrected chi connectivity index (χ1v) is 4.10. The summed E-state index contributed by atoms with van der Waals surface area (Å²) in [5, 5.41) is 2.77. The highest BCUT2D eigenvalue weighted by molar-refractivity contribution is 5.91. The van der Waals surface area contributed by atoms with Gasteiger partial charge in [0, 0.05) is 14.0 Å². The number of nitrogens with one attached hydrogen (secondary N) is 1. The molecule has 1 amide bonds. The summed E-state index contributed by atoms with van der Waals surface area (Å²) < 4.78 is 0. The van der Waals surface area contributed by atoms with Gasteiger partial charge in [-0.15, -0.1) is 0 Å². The molecule has 1 aliphatic rings. The average molecular weight is 164 g/mol. The molecule has 3 nitrogen and oxygen atoms in total. The van der Waals surface area contributed by atoms with Crippen molar-refractivity contribution in [3.63, 3.8) is 0 Å². The first kappa shape index (κ1) is 7.28. The van der Waals surface area contributed by atoms with Gasteiger partial charge in [-0.25, -0.2) is 4.98 Å². The van der Waals surface area contributed by atoms with Gasteiger partial charge in [0.25, 0.3) is 0 Å². The molecular formula is C9H12N2O. The Morgan fingerprint density at radius 2 is 2.42 bits per heavy atom. The van der Waals surface area contributed by atoms with Crippen LogP contribution < -0.4 is 5.32 Å². The minimum Gasteiger partial charge on any atom is -0.310 e. The Kier molecular flexibility index (Phi) is 1.78. The van der Waals surface area contributed by atoms with Crippen molar-refractivity contribution in [2.75, 3.05) is 5.32 Å². The summed E-state index contributed by atoms with van der Waals surface area (Å²) in [6.07, 6.45) is 4.17. The van der Waals surface area contributed by atoms with Crippen LogP contribution in [-0.2, 0) is 11.2 Å². The second kappa shape index (κ2) is 2.93. The number of aryl methyl sites for hydroxylation is 1. The van der Waals surface area contributed by atoms with Crippen molar-refractivity contribution in [1.82, 2.24) is 4.98 Å². The van der Waals surface area contributed by atoms with Crippen LogP contribution in [0.15, 0.2) is 18.3 Å². The maximum Gasteiger partial charge on any atom is 0.225 e. The van der Waals surface area contributed by atoms with E-state index < -0.39 is 0 Å². The van der Waals surface area contributed by atoms with E-state index in [-0.39, 0.29) is 7.33 Å². The highest BCUT2D eigenvalue weighted by atomic mass is 16.1. The van der Waals surface area contributed by atoms with E-state index in [1.807, 2.05) is 12.1 Å². The van der Waals surface area contributed by atoms with Gasteiger partial charge < -0.3 is 5.32 Å². The van der Waals surface area contributed by atoms with Crippen molar-refractivity contribution in [3.8, 4) is 0 Å². The van der Waals surface area contributed by atoms with E-state index >= 15 is 0 Å². The van der Waals surface area contributed by atoms with E-state index in [1.54, 1.807) is 6.20 Å². The molecule has 0 radical (unpaired) electrons. The maximum absolute atomic E-state index is 11.1. The molecule has 0 saturated carbocycles. The molecule has 1 aromatic heterocycles. The molecule has 1 N–H and O–H groups in total. The number of hydrogen-bond donors (Lipinski definition) is 1. The zero-order chi connectivity index (χ0) is 8.39. The molecule has 1 aromatic rings. The Balaban J connectivity index is 0.000000845. The number of pyridine rings is 1. The lowest BCUT2D eigenvalue weighted by atomic mass is 10.1. The summed E-state index contributed by atoms with van der Waals surface area (Å²) in [6.45, 7) is 0. The lowest BCUT2D eigenvalue weighted by Crippen LogP contribution is -2.10. The SMILES string of the molecule is O=C1CCCc2cccnc2N1.[HH]. The maximum atomic E-state index is 11.1. The molecule has 0 unspecified atom stereocenters. The van der Waals surface area contributed by atoms with Gasteiger partial charge in [0.2, 0.25) is 5.91 Å². The molecule has 0 atom stereocenters. The lowest BCUT2D eigenvalue weighted by Gasteiger charge is -2.02. The number of nitrogens with zero attached hydrogens (tertiary/aromatic N) is 1. The highest BCUT2D eigenvalue weighted by Crippen LogP contribution is 2.18. The third-order valence-corrected chi connectivity index (χ3v) is 2.00. The number of amides is 1. The first-order chi connectivity index (χ1) is 5.86. The smallest absolute Gasteiger partial charge is 0.225 e. The normalized spacial score (nSPS) is 16.2. The van der Waals surface area contributed by atoms with Crippen LogP contribution in [0.25, 0.3) is 0 Å². The van der Waals surface area contributed by atoms with Crippen LogP contribution in [0, 0.1) is 0 Å². The molecule has 3 heteroatoms. The van der Waals surface area contributed by atoms with Crippen LogP contribution >= 0.6 is 0 Å². The molecule has 0 fully saturated rings. The molecule has 2 heterocycles. The van der Waals surface area contributed by atoms with E-state index in [0.717, 1.165) is 24.2 Å². The van der Waals surface area contributed by atoms with Gasteiger partial charge in [0.05, 0.1) is 0 Å². The predicted molar refractivity (Wildman–Crippen MR) is 47.9 cm³/mol. The summed E-state index contributed by atoms with van der Waals surface area (Å²) in [7, 11) is 0.